The molecule has 4 heteroatoms. The minimum absolute atomic E-state index is 0.0831. The molecule has 1 aromatic rings. The average Bonchev–Trinajstić information content (AvgIpc) is 2.29. The number of esters is 1. The summed E-state index contributed by atoms with van der Waals surface area (Å²) >= 11 is 2.89. The Morgan fingerprint density at radius 1 is 2.00 bits per heavy atom. The van der Waals surface area contributed by atoms with Gasteiger partial charge in [-0.1, -0.05) is 15.9 Å². The Morgan fingerprint density at radius 2 is 2.75 bits per heavy atom. The van der Waals surface area contributed by atoms with Crippen LogP contribution in [0.25, 0.3) is 0 Å². The van der Waals surface area contributed by atoms with Gasteiger partial charge in [0, 0.05) is 13.4 Å². The van der Waals surface area contributed by atoms with E-state index in [9.17, 15) is 4.79 Å². The number of carbonyl (C=O) groups excluding carboxylic acids is 1. The molecule has 0 spiro atoms. The number of hydrogen-bond donors (Lipinski definition) is 0. The monoisotopic (exact) mass is 234 g/mol. The Balaban J connectivity index is 3.48. The van der Waals surface area contributed by atoms with Gasteiger partial charge in [-0.2, -0.15) is 0 Å². The molecule has 0 saturated carbocycles. The zero-order chi connectivity index (χ0) is 13.4. The molecule has 0 aliphatic carbocycles. The highest BCUT2D eigenvalue weighted by Crippen LogP contribution is 2.09. The maximum Gasteiger partial charge on any atom is 0.311 e. The van der Waals surface area contributed by atoms with Crippen LogP contribution in [-0.4, -0.2) is 18.1 Å². The summed E-state index contributed by atoms with van der Waals surface area (Å²) in [6, 6.07) is -0.777. The van der Waals surface area contributed by atoms with E-state index in [0.717, 1.165) is 7.11 Å². The minimum atomic E-state index is -2.63. The van der Waals surface area contributed by atoms with Crippen LogP contribution in [0, 0.1) is 0 Å². The predicted molar refractivity (Wildman–Crippen MR) is 47.7 cm³/mol. The number of methoxy groups -OCH3 is 1. The third-order valence-electron chi connectivity index (χ3n) is 0.967. The number of carbonyl (C=O) groups is 1. The lowest BCUT2D eigenvalue weighted by Crippen LogP contribution is -2.05. The van der Waals surface area contributed by atoms with E-state index in [1.54, 1.807) is 0 Å². The molecular formula is C8H8BrNO2. The van der Waals surface area contributed by atoms with Crippen molar-refractivity contribution in [2.45, 2.75) is 6.37 Å². The first-order valence-corrected chi connectivity index (χ1v) is 3.75. The lowest BCUT2D eigenvalue weighted by molar-refractivity contribution is -0.139. The number of ether oxygens (including phenoxy) is 1. The summed E-state index contributed by atoms with van der Waals surface area (Å²) in [5, 5.41) is 0. The molecule has 0 N–H and O–H groups in total. The van der Waals surface area contributed by atoms with E-state index in [-0.39, 0.29) is 10.5 Å². The van der Waals surface area contributed by atoms with Crippen LogP contribution >= 0.6 is 15.9 Å². The summed E-state index contributed by atoms with van der Waals surface area (Å²) in [4.78, 5) is 14.7. The Kier molecular flexibility index (Phi) is 1.53. The van der Waals surface area contributed by atoms with Crippen LogP contribution in [0.5, 0.6) is 0 Å². The molecule has 64 valence electrons. The number of pyridine rings is 1. The summed E-state index contributed by atoms with van der Waals surface area (Å²) < 4.78 is 41.6. The fourth-order valence-corrected chi connectivity index (χ4v) is 0.779. The fourth-order valence-electron chi connectivity index (χ4n) is 0.503. The van der Waals surface area contributed by atoms with Crippen LogP contribution in [0.2, 0.25) is 0 Å². The van der Waals surface area contributed by atoms with Crippen molar-refractivity contribution in [2.75, 3.05) is 7.11 Å². The van der Waals surface area contributed by atoms with Gasteiger partial charge in [-0.3, -0.25) is 9.78 Å². The Bertz CT molecular complexity index is 479. The molecule has 0 unspecified atom stereocenters. The van der Waals surface area contributed by atoms with Crippen molar-refractivity contribution in [3.05, 3.63) is 28.4 Å². The topological polar surface area (TPSA) is 39.2 Å². The van der Waals surface area contributed by atoms with E-state index < -0.39 is 30.3 Å². The maximum absolute atomic E-state index is 11.2. The van der Waals surface area contributed by atoms with Gasteiger partial charge >= 0.3 is 5.97 Å². The molecule has 0 aliphatic rings. The quantitative estimate of drug-likeness (QED) is 0.730. The van der Waals surface area contributed by atoms with E-state index >= 15 is 0 Å². The minimum Gasteiger partial charge on any atom is -0.469 e. The summed E-state index contributed by atoms with van der Waals surface area (Å²) in [5.74, 6) is -1.21. The number of rotatable bonds is 2. The SMILES string of the molecule is [2H]c1nc(C([2H])([2H])C(=O)OC)c([2H])c(Br)c1[2H]. The second-order valence-corrected chi connectivity index (χ2v) is 2.55. The smallest absolute Gasteiger partial charge is 0.311 e. The zero-order valence-corrected chi connectivity index (χ0v) is 7.73. The molecule has 0 amide bonds. The number of hydrogen-bond acceptors (Lipinski definition) is 3. The third-order valence-corrected chi connectivity index (χ3v) is 1.36. The first kappa shape index (κ1) is 4.37. The lowest BCUT2D eigenvalue weighted by Gasteiger charge is -1.98. The van der Waals surface area contributed by atoms with E-state index in [4.69, 9.17) is 6.85 Å². The molecule has 0 fully saturated rings. The van der Waals surface area contributed by atoms with Crippen molar-refractivity contribution >= 4 is 21.9 Å². The van der Waals surface area contributed by atoms with Crippen LogP contribution in [0.3, 0.4) is 0 Å². The van der Waals surface area contributed by atoms with Crippen molar-refractivity contribution < 1.29 is 16.4 Å². The molecule has 1 rings (SSSR count). The molecule has 0 saturated heterocycles. The Labute approximate surface area is 85.9 Å². The van der Waals surface area contributed by atoms with Gasteiger partial charge in [-0.15, -0.1) is 0 Å². The van der Waals surface area contributed by atoms with Crippen LogP contribution in [0.1, 0.15) is 12.5 Å². The van der Waals surface area contributed by atoms with Gasteiger partial charge in [-0.05, 0) is 12.1 Å². The highest BCUT2D eigenvalue weighted by Gasteiger charge is 2.03. The molecule has 0 aliphatic heterocycles. The van der Waals surface area contributed by atoms with E-state index in [1.165, 1.54) is 0 Å². The molecule has 0 bridgehead atoms. The Hall–Kier alpha value is -0.900. The summed E-state index contributed by atoms with van der Waals surface area (Å²) in [6.07, 6.45) is -3.15. The van der Waals surface area contributed by atoms with Crippen molar-refractivity contribution in [1.29, 1.82) is 0 Å². The van der Waals surface area contributed by atoms with Gasteiger partial charge < -0.3 is 4.74 Å². The summed E-state index contributed by atoms with van der Waals surface area (Å²) in [6.45, 7) is 0. The lowest BCUT2D eigenvalue weighted by atomic mass is 10.3. The molecule has 1 heterocycles. The van der Waals surface area contributed by atoms with Crippen LogP contribution in [-0.2, 0) is 15.9 Å². The van der Waals surface area contributed by atoms with E-state index in [1.807, 2.05) is 0 Å². The van der Waals surface area contributed by atoms with Gasteiger partial charge in [0.2, 0.25) is 0 Å². The van der Waals surface area contributed by atoms with E-state index in [0.29, 0.717) is 0 Å². The number of nitrogens with zero attached hydrogens (tertiary/aromatic N) is 1. The maximum atomic E-state index is 11.2. The highest BCUT2D eigenvalue weighted by atomic mass is 79.9. The van der Waals surface area contributed by atoms with Crippen molar-refractivity contribution in [1.82, 2.24) is 4.98 Å². The zero-order valence-electron chi connectivity index (χ0n) is 11.1. The molecular weight excluding hydrogens is 222 g/mol. The highest BCUT2D eigenvalue weighted by molar-refractivity contribution is 9.10. The summed E-state index contributed by atoms with van der Waals surface area (Å²) in [5.41, 5.74) is -0.544. The van der Waals surface area contributed by atoms with Gasteiger partial charge in [0.25, 0.3) is 0 Å². The molecule has 1 aromatic heterocycles. The first-order chi connectivity index (χ1) is 7.73. The van der Waals surface area contributed by atoms with Crippen molar-refractivity contribution in [2.24, 2.45) is 0 Å². The van der Waals surface area contributed by atoms with Crippen LogP contribution in [0.15, 0.2) is 22.7 Å². The second-order valence-electron chi connectivity index (χ2n) is 1.75. The van der Waals surface area contributed by atoms with Crippen LogP contribution < -0.4 is 0 Å². The molecule has 0 aromatic carbocycles. The second kappa shape index (κ2) is 4.21. The predicted octanol–water partition coefficient (Wildman–Crippen LogP) is 1.56. The molecule has 3 nitrogen and oxygen atoms in total. The van der Waals surface area contributed by atoms with Gasteiger partial charge in [0.1, 0.15) is 0 Å². The van der Waals surface area contributed by atoms with Gasteiger partial charge in [0.05, 0.1) is 23.3 Å². The fraction of sp³-hybridized carbons (Fsp3) is 0.250. The summed E-state index contributed by atoms with van der Waals surface area (Å²) in [7, 11) is 1.01. The standard InChI is InChI=1S/C8H8BrNO2/c1-12-8(11)5-7-4-6(9)2-3-10-7/h2-4H,5H2,1H3/i2D,3D,4D,5D2. The molecule has 0 atom stereocenters. The Morgan fingerprint density at radius 3 is 3.42 bits per heavy atom. The third kappa shape index (κ3) is 2.62. The molecule has 0 radical (unpaired) electrons. The largest absolute Gasteiger partial charge is 0.469 e. The average molecular weight is 235 g/mol. The first-order valence-electron chi connectivity index (χ1n) is 5.45. The van der Waals surface area contributed by atoms with Gasteiger partial charge in [-0.25, -0.2) is 0 Å². The normalized spacial score (nSPS) is 16.7. The van der Waals surface area contributed by atoms with Gasteiger partial charge in [0.15, 0.2) is 0 Å². The van der Waals surface area contributed by atoms with Crippen LogP contribution in [0.4, 0.5) is 0 Å². The molecule has 12 heavy (non-hydrogen) atoms. The number of aromatic nitrogens is 1. The van der Waals surface area contributed by atoms with Crippen molar-refractivity contribution in [3.63, 3.8) is 0 Å². The van der Waals surface area contributed by atoms with Crippen molar-refractivity contribution in [3.8, 4) is 0 Å². The number of halogens is 1. The van der Waals surface area contributed by atoms with E-state index in [2.05, 4.69) is 25.7 Å².